The molecule has 0 unspecified atom stereocenters. The van der Waals surface area contributed by atoms with Crippen molar-refractivity contribution in [1.82, 2.24) is 5.32 Å². The zero-order chi connectivity index (χ0) is 16.8. The summed E-state index contributed by atoms with van der Waals surface area (Å²) >= 11 is 5.80. The lowest BCUT2D eigenvalue weighted by molar-refractivity contribution is -0.384. The maximum atomic E-state index is 13.6. The number of carbonyl (C=O) groups excluding carboxylic acids is 1. The lowest BCUT2D eigenvalue weighted by Crippen LogP contribution is -2.29. The Morgan fingerprint density at radius 3 is 2.48 bits per heavy atom. The molecule has 0 fully saturated rings. The topological polar surface area (TPSA) is 84.3 Å². The largest absolute Gasteiger partial charge is 0.383 e. The smallest absolute Gasteiger partial charge is 0.269 e. The number of benzene rings is 2. The molecule has 6 nitrogen and oxygen atoms in total. The number of amides is 1. The minimum Gasteiger partial charge on any atom is -0.383 e. The molecule has 2 aromatic carbocycles. The Kier molecular flexibility index (Phi) is 5.48. The van der Waals surface area contributed by atoms with Gasteiger partial charge in [-0.3, -0.25) is 14.9 Å². The van der Waals surface area contributed by atoms with E-state index in [1.165, 1.54) is 24.3 Å². The molecule has 2 rings (SSSR count). The summed E-state index contributed by atoms with van der Waals surface area (Å²) in [5.74, 6) is -1.28. The number of nitrogens with zero attached hydrogens (tertiary/aromatic N) is 1. The van der Waals surface area contributed by atoms with Gasteiger partial charge < -0.3 is 10.6 Å². The first-order chi connectivity index (χ1) is 11.0. The molecule has 1 amide bonds. The second-order valence-electron chi connectivity index (χ2n) is 4.58. The van der Waals surface area contributed by atoms with Crippen molar-refractivity contribution in [2.75, 3.05) is 18.4 Å². The van der Waals surface area contributed by atoms with Crippen molar-refractivity contribution >= 4 is 28.9 Å². The van der Waals surface area contributed by atoms with E-state index in [4.69, 9.17) is 11.6 Å². The molecule has 2 aromatic rings. The number of nitro benzene ring substituents is 1. The molecular formula is C15H13ClFN3O3. The van der Waals surface area contributed by atoms with Crippen LogP contribution in [0.3, 0.4) is 0 Å². The van der Waals surface area contributed by atoms with Crippen LogP contribution in [0.15, 0.2) is 42.5 Å². The first-order valence-corrected chi connectivity index (χ1v) is 7.07. The molecule has 0 saturated heterocycles. The van der Waals surface area contributed by atoms with E-state index < -0.39 is 16.6 Å². The van der Waals surface area contributed by atoms with Gasteiger partial charge in [0.1, 0.15) is 5.82 Å². The maximum absolute atomic E-state index is 13.6. The molecule has 0 aliphatic carbocycles. The standard InChI is InChI=1S/C15H13ClFN3O3/c16-12-2-1-3-13(17)14(12)15(21)19-9-8-18-10-4-6-11(7-5-10)20(22)23/h1-7,18H,8-9H2,(H,19,21). The van der Waals surface area contributed by atoms with Gasteiger partial charge in [0.2, 0.25) is 0 Å². The SMILES string of the molecule is O=C(NCCNc1ccc([N+](=O)[O-])cc1)c1c(F)cccc1Cl. The molecule has 0 aliphatic rings. The number of nitrogens with one attached hydrogen (secondary N) is 2. The Labute approximate surface area is 136 Å². The number of hydrogen-bond donors (Lipinski definition) is 2. The number of hydrogen-bond acceptors (Lipinski definition) is 4. The Morgan fingerprint density at radius 1 is 1.17 bits per heavy atom. The lowest BCUT2D eigenvalue weighted by Gasteiger charge is -2.09. The Balaban J connectivity index is 1.83. The molecular weight excluding hydrogens is 325 g/mol. The fourth-order valence-corrected chi connectivity index (χ4v) is 2.14. The van der Waals surface area contributed by atoms with Crippen molar-refractivity contribution in [2.24, 2.45) is 0 Å². The van der Waals surface area contributed by atoms with Crippen LogP contribution in [0.5, 0.6) is 0 Å². The number of carbonyl (C=O) groups is 1. The minimum absolute atomic E-state index is 0.00181. The monoisotopic (exact) mass is 337 g/mol. The van der Waals surface area contributed by atoms with Gasteiger partial charge in [-0.2, -0.15) is 0 Å². The highest BCUT2D eigenvalue weighted by atomic mass is 35.5. The number of rotatable bonds is 6. The number of anilines is 1. The van der Waals surface area contributed by atoms with Gasteiger partial charge in [-0.1, -0.05) is 17.7 Å². The zero-order valence-corrected chi connectivity index (χ0v) is 12.6. The molecule has 8 heteroatoms. The lowest BCUT2D eigenvalue weighted by atomic mass is 10.2. The van der Waals surface area contributed by atoms with Crippen molar-refractivity contribution in [3.8, 4) is 0 Å². The highest BCUT2D eigenvalue weighted by molar-refractivity contribution is 6.33. The van der Waals surface area contributed by atoms with Crippen LogP contribution in [0.2, 0.25) is 5.02 Å². The zero-order valence-electron chi connectivity index (χ0n) is 11.9. The molecule has 0 spiro atoms. The number of halogens is 2. The summed E-state index contributed by atoms with van der Waals surface area (Å²) in [6, 6.07) is 9.90. The maximum Gasteiger partial charge on any atom is 0.269 e. The van der Waals surface area contributed by atoms with E-state index in [9.17, 15) is 19.3 Å². The minimum atomic E-state index is -0.682. The fourth-order valence-electron chi connectivity index (χ4n) is 1.89. The van der Waals surface area contributed by atoms with E-state index in [0.717, 1.165) is 6.07 Å². The quantitative estimate of drug-likeness (QED) is 0.481. The van der Waals surface area contributed by atoms with Crippen LogP contribution in [-0.4, -0.2) is 23.9 Å². The van der Waals surface area contributed by atoms with Crippen LogP contribution in [0.1, 0.15) is 10.4 Å². The van der Waals surface area contributed by atoms with E-state index >= 15 is 0 Å². The summed E-state index contributed by atoms with van der Waals surface area (Å²) in [5.41, 5.74) is 0.483. The first-order valence-electron chi connectivity index (χ1n) is 6.69. The summed E-state index contributed by atoms with van der Waals surface area (Å²) in [7, 11) is 0. The third-order valence-corrected chi connectivity index (χ3v) is 3.32. The van der Waals surface area contributed by atoms with Gasteiger partial charge in [0.25, 0.3) is 11.6 Å². The predicted molar refractivity (Wildman–Crippen MR) is 85.3 cm³/mol. The summed E-state index contributed by atoms with van der Waals surface area (Å²) in [5, 5.41) is 16.1. The van der Waals surface area contributed by atoms with Crippen LogP contribution in [0.25, 0.3) is 0 Å². The highest BCUT2D eigenvalue weighted by Crippen LogP contribution is 2.18. The molecule has 0 radical (unpaired) electrons. The second-order valence-corrected chi connectivity index (χ2v) is 4.99. The highest BCUT2D eigenvalue weighted by Gasteiger charge is 2.14. The fraction of sp³-hybridized carbons (Fsp3) is 0.133. The van der Waals surface area contributed by atoms with Crippen LogP contribution < -0.4 is 10.6 Å². The Hall–Kier alpha value is -2.67. The second kappa shape index (κ2) is 7.55. The molecule has 0 atom stereocenters. The van der Waals surface area contributed by atoms with E-state index in [2.05, 4.69) is 10.6 Å². The van der Waals surface area contributed by atoms with Crippen molar-refractivity contribution in [3.63, 3.8) is 0 Å². The summed E-state index contributed by atoms with van der Waals surface area (Å²) < 4.78 is 13.6. The third kappa shape index (κ3) is 4.40. The van der Waals surface area contributed by atoms with Crippen molar-refractivity contribution in [2.45, 2.75) is 0 Å². The number of non-ortho nitro benzene ring substituents is 1. The molecule has 0 aliphatic heterocycles. The number of nitro groups is 1. The normalized spacial score (nSPS) is 10.2. The molecule has 2 N–H and O–H groups in total. The van der Waals surface area contributed by atoms with Gasteiger partial charge in [0, 0.05) is 30.9 Å². The van der Waals surface area contributed by atoms with Gasteiger partial charge in [-0.05, 0) is 24.3 Å². The molecule has 0 heterocycles. The van der Waals surface area contributed by atoms with E-state index in [0.29, 0.717) is 12.2 Å². The van der Waals surface area contributed by atoms with E-state index in [1.807, 2.05) is 0 Å². The van der Waals surface area contributed by atoms with Crippen molar-refractivity contribution in [3.05, 3.63) is 69.0 Å². The van der Waals surface area contributed by atoms with Crippen molar-refractivity contribution in [1.29, 1.82) is 0 Å². The summed E-state index contributed by atoms with van der Waals surface area (Å²) in [6.45, 7) is 0.607. The molecule has 120 valence electrons. The van der Waals surface area contributed by atoms with Crippen LogP contribution in [0.4, 0.5) is 15.8 Å². The van der Waals surface area contributed by atoms with Gasteiger partial charge in [-0.25, -0.2) is 4.39 Å². The predicted octanol–water partition coefficient (Wildman–Crippen LogP) is 3.23. The average molecular weight is 338 g/mol. The molecule has 0 bridgehead atoms. The van der Waals surface area contributed by atoms with E-state index in [1.54, 1.807) is 12.1 Å². The van der Waals surface area contributed by atoms with Gasteiger partial charge >= 0.3 is 0 Å². The van der Waals surface area contributed by atoms with Crippen LogP contribution in [-0.2, 0) is 0 Å². The Bertz CT molecular complexity index is 702. The summed E-state index contributed by atoms with van der Waals surface area (Å²) in [6.07, 6.45) is 0. The van der Waals surface area contributed by atoms with E-state index in [-0.39, 0.29) is 22.8 Å². The van der Waals surface area contributed by atoms with Gasteiger partial charge in [0.05, 0.1) is 15.5 Å². The Morgan fingerprint density at radius 2 is 1.87 bits per heavy atom. The third-order valence-electron chi connectivity index (χ3n) is 3.01. The van der Waals surface area contributed by atoms with Gasteiger partial charge in [0.15, 0.2) is 0 Å². The average Bonchev–Trinajstić information content (AvgIpc) is 2.52. The molecule has 0 aromatic heterocycles. The van der Waals surface area contributed by atoms with Crippen molar-refractivity contribution < 1.29 is 14.1 Å². The molecule has 0 saturated carbocycles. The molecule has 23 heavy (non-hydrogen) atoms. The first kappa shape index (κ1) is 16.7. The summed E-state index contributed by atoms with van der Waals surface area (Å²) in [4.78, 5) is 21.9. The van der Waals surface area contributed by atoms with Crippen LogP contribution in [0, 0.1) is 15.9 Å². The van der Waals surface area contributed by atoms with Crippen LogP contribution >= 0.6 is 11.6 Å². The van der Waals surface area contributed by atoms with Gasteiger partial charge in [-0.15, -0.1) is 0 Å².